The van der Waals surface area contributed by atoms with Gasteiger partial charge in [-0.2, -0.15) is 5.26 Å². The van der Waals surface area contributed by atoms with Gasteiger partial charge in [-0.15, -0.1) is 0 Å². The number of benzene rings is 2. The van der Waals surface area contributed by atoms with Crippen molar-refractivity contribution < 1.29 is 28.4 Å². The molecule has 0 radical (unpaired) electrons. The summed E-state index contributed by atoms with van der Waals surface area (Å²) in [5.74, 6) is 1.25. The van der Waals surface area contributed by atoms with E-state index in [0.29, 0.717) is 51.9 Å². The van der Waals surface area contributed by atoms with E-state index in [2.05, 4.69) is 59.6 Å². The molecule has 1 fully saturated rings. The summed E-state index contributed by atoms with van der Waals surface area (Å²) in [6.45, 7) is 8.98. The number of rotatable bonds is 16. The molecule has 1 saturated heterocycles. The fraction of sp³-hybridized carbons (Fsp3) is 0.594. The van der Waals surface area contributed by atoms with E-state index in [9.17, 15) is 5.26 Å². The van der Waals surface area contributed by atoms with Gasteiger partial charge in [-0.25, -0.2) is 0 Å². The first-order valence-corrected chi connectivity index (χ1v) is 14.6. The molecular weight excluding hydrogens is 522 g/mol. The molecule has 0 saturated carbocycles. The van der Waals surface area contributed by atoms with Crippen LogP contribution in [0, 0.1) is 17.2 Å². The summed E-state index contributed by atoms with van der Waals surface area (Å²) in [4.78, 5) is 2.35. The molecule has 2 aromatic carbocycles. The molecule has 9 nitrogen and oxygen atoms in total. The van der Waals surface area contributed by atoms with Crippen LogP contribution in [0.3, 0.4) is 0 Å². The minimum absolute atomic E-state index is 0.00523. The van der Waals surface area contributed by atoms with Gasteiger partial charge in [-0.1, -0.05) is 37.3 Å². The molecule has 0 spiro atoms. The van der Waals surface area contributed by atoms with Crippen molar-refractivity contribution in [1.29, 1.82) is 5.26 Å². The molecular formula is C32H45N3O6. The van der Waals surface area contributed by atoms with Gasteiger partial charge >= 0.3 is 0 Å². The van der Waals surface area contributed by atoms with Crippen molar-refractivity contribution in [3.05, 3.63) is 59.2 Å². The number of nitrogens with zero attached hydrogens (tertiary/aromatic N) is 2. The van der Waals surface area contributed by atoms with Crippen LogP contribution in [0.4, 0.5) is 5.69 Å². The fourth-order valence-corrected chi connectivity index (χ4v) is 5.60. The Morgan fingerprint density at radius 1 is 1.10 bits per heavy atom. The third kappa shape index (κ3) is 8.41. The Balaban J connectivity index is 1.46. The van der Waals surface area contributed by atoms with Crippen molar-refractivity contribution in [2.24, 2.45) is 5.92 Å². The van der Waals surface area contributed by atoms with Crippen LogP contribution in [0.5, 0.6) is 5.75 Å². The third-order valence-electron chi connectivity index (χ3n) is 7.69. The van der Waals surface area contributed by atoms with Gasteiger partial charge in [-0.3, -0.25) is 0 Å². The molecule has 41 heavy (non-hydrogen) atoms. The highest BCUT2D eigenvalue weighted by Crippen LogP contribution is 2.38. The standard InChI is InChI=1S/C32H45N3O6/c1-25(21-37-3)22-38-23-26-5-8-28(9-6-26)32(41-17-12-33)11-13-34-20-31(32)40-24-27-7-10-30-29(19-27)35(15-18-39-30)14-4-16-36-2/h5-10,19,25,31,34H,4,11,13-18,20-24H2,1-3H3/t25?,31-,32-/m0/s1. The van der Waals surface area contributed by atoms with E-state index >= 15 is 0 Å². The van der Waals surface area contributed by atoms with Gasteiger partial charge in [0.05, 0.1) is 44.7 Å². The molecule has 2 aliphatic rings. The summed E-state index contributed by atoms with van der Waals surface area (Å²) in [7, 11) is 3.44. The summed E-state index contributed by atoms with van der Waals surface area (Å²) in [5, 5.41) is 12.9. The van der Waals surface area contributed by atoms with Crippen molar-refractivity contribution in [2.75, 3.05) is 78.3 Å². The third-order valence-corrected chi connectivity index (χ3v) is 7.69. The van der Waals surface area contributed by atoms with Crippen molar-refractivity contribution >= 4 is 5.69 Å². The highest BCUT2D eigenvalue weighted by atomic mass is 16.6. The zero-order chi connectivity index (χ0) is 28.9. The molecule has 0 amide bonds. The molecule has 0 bridgehead atoms. The SMILES string of the molecule is COCCCN1CCOc2ccc(CO[C@H]3CNCC[C@]3(OCC#N)c3ccc(COCC(C)COC)cc3)cc21. The topological polar surface area (TPSA) is 94.4 Å². The van der Waals surface area contributed by atoms with Gasteiger partial charge in [0.2, 0.25) is 0 Å². The van der Waals surface area contributed by atoms with Gasteiger partial charge in [0.1, 0.15) is 30.7 Å². The zero-order valence-electron chi connectivity index (χ0n) is 24.7. The molecule has 9 heteroatoms. The van der Waals surface area contributed by atoms with E-state index in [1.54, 1.807) is 14.2 Å². The van der Waals surface area contributed by atoms with E-state index in [1.807, 2.05) is 6.07 Å². The van der Waals surface area contributed by atoms with Crippen molar-refractivity contribution in [3.63, 3.8) is 0 Å². The van der Waals surface area contributed by atoms with E-state index in [4.69, 9.17) is 28.4 Å². The number of fused-ring (bicyclic) bond motifs is 1. The molecule has 2 aliphatic heterocycles. The molecule has 3 atom stereocenters. The average Bonchev–Trinajstić information content (AvgIpc) is 3.00. The van der Waals surface area contributed by atoms with E-state index in [1.165, 1.54) is 0 Å². The van der Waals surface area contributed by atoms with E-state index in [-0.39, 0.29) is 12.7 Å². The number of nitrogens with one attached hydrogen (secondary N) is 1. The summed E-state index contributed by atoms with van der Waals surface area (Å²) >= 11 is 0. The van der Waals surface area contributed by atoms with E-state index < -0.39 is 5.60 Å². The van der Waals surface area contributed by atoms with Crippen LogP contribution in [0.25, 0.3) is 0 Å². The minimum Gasteiger partial charge on any atom is -0.490 e. The Morgan fingerprint density at radius 3 is 2.71 bits per heavy atom. The van der Waals surface area contributed by atoms with Gasteiger partial charge in [0.25, 0.3) is 0 Å². The lowest BCUT2D eigenvalue weighted by Gasteiger charge is -2.44. The van der Waals surface area contributed by atoms with Gasteiger partial charge in [0.15, 0.2) is 0 Å². The quantitative estimate of drug-likeness (QED) is 0.302. The van der Waals surface area contributed by atoms with Gasteiger partial charge in [0, 0.05) is 39.8 Å². The van der Waals surface area contributed by atoms with Crippen LogP contribution in [-0.2, 0) is 42.5 Å². The Hall–Kier alpha value is -2.71. The lowest BCUT2D eigenvalue weighted by molar-refractivity contribution is -0.162. The highest BCUT2D eigenvalue weighted by molar-refractivity contribution is 5.61. The Morgan fingerprint density at radius 2 is 1.93 bits per heavy atom. The number of piperidine rings is 1. The van der Waals surface area contributed by atoms with Crippen LogP contribution >= 0.6 is 0 Å². The predicted octanol–water partition coefficient (Wildman–Crippen LogP) is 4.04. The summed E-state index contributed by atoms with van der Waals surface area (Å²) < 4.78 is 35.2. The molecule has 224 valence electrons. The largest absolute Gasteiger partial charge is 0.490 e. The van der Waals surface area contributed by atoms with Crippen molar-refractivity contribution in [2.45, 2.75) is 44.7 Å². The van der Waals surface area contributed by atoms with Gasteiger partial charge < -0.3 is 38.6 Å². The van der Waals surface area contributed by atoms with Crippen molar-refractivity contribution in [1.82, 2.24) is 5.32 Å². The molecule has 0 aliphatic carbocycles. The number of ether oxygens (including phenoxy) is 6. The average molecular weight is 568 g/mol. The van der Waals surface area contributed by atoms with Crippen LogP contribution in [0.1, 0.15) is 36.5 Å². The first-order valence-electron chi connectivity index (χ1n) is 14.6. The number of hydrogen-bond acceptors (Lipinski definition) is 9. The minimum atomic E-state index is -0.725. The summed E-state index contributed by atoms with van der Waals surface area (Å²) in [6.07, 6.45) is 1.39. The smallest absolute Gasteiger partial charge is 0.142 e. The normalized spacial score (nSPS) is 21.1. The molecule has 2 aromatic rings. The highest BCUT2D eigenvalue weighted by Gasteiger charge is 2.44. The maximum absolute atomic E-state index is 9.41. The lowest BCUT2D eigenvalue weighted by atomic mass is 9.82. The van der Waals surface area contributed by atoms with E-state index in [0.717, 1.165) is 60.8 Å². The molecule has 1 unspecified atom stereocenters. The Labute approximate surface area is 244 Å². The lowest BCUT2D eigenvalue weighted by Crippen LogP contribution is -2.54. The maximum Gasteiger partial charge on any atom is 0.142 e. The van der Waals surface area contributed by atoms with Crippen LogP contribution in [0.15, 0.2) is 42.5 Å². The molecule has 2 heterocycles. The van der Waals surface area contributed by atoms with Crippen LogP contribution < -0.4 is 15.0 Å². The second-order valence-electron chi connectivity index (χ2n) is 10.8. The first-order chi connectivity index (χ1) is 20.1. The molecule has 1 N–H and O–H groups in total. The second kappa shape index (κ2) is 16.1. The number of hydrogen-bond donors (Lipinski definition) is 1. The fourth-order valence-electron chi connectivity index (χ4n) is 5.60. The second-order valence-corrected chi connectivity index (χ2v) is 10.8. The number of nitriles is 1. The number of methoxy groups -OCH3 is 2. The van der Waals surface area contributed by atoms with Crippen LogP contribution in [-0.4, -0.2) is 79.5 Å². The zero-order valence-corrected chi connectivity index (χ0v) is 24.7. The van der Waals surface area contributed by atoms with Crippen LogP contribution in [0.2, 0.25) is 0 Å². The number of anilines is 1. The summed E-state index contributed by atoms with van der Waals surface area (Å²) in [6, 6.07) is 16.8. The first kappa shape index (κ1) is 31.2. The van der Waals surface area contributed by atoms with Gasteiger partial charge in [-0.05, 0) is 48.2 Å². The Kier molecular flexibility index (Phi) is 12.2. The van der Waals surface area contributed by atoms with Crippen molar-refractivity contribution in [3.8, 4) is 11.8 Å². The maximum atomic E-state index is 9.41. The predicted molar refractivity (Wildman–Crippen MR) is 157 cm³/mol. The monoisotopic (exact) mass is 567 g/mol. The molecule has 4 rings (SSSR count). The summed E-state index contributed by atoms with van der Waals surface area (Å²) in [5.41, 5.74) is 3.54. The Bertz CT molecular complexity index is 1110. The molecule has 0 aromatic heterocycles.